The summed E-state index contributed by atoms with van der Waals surface area (Å²) in [5, 5.41) is 3.18. The van der Waals surface area contributed by atoms with Crippen molar-refractivity contribution >= 4 is 0 Å². The molecule has 0 unspecified atom stereocenters. The van der Waals surface area contributed by atoms with Gasteiger partial charge in [-0.05, 0) is 43.1 Å². The fourth-order valence-corrected chi connectivity index (χ4v) is 1.60. The molecule has 0 amide bonds. The number of rotatable bonds is 6. The number of hydrogen-bond donors (Lipinski definition) is 1. The first-order valence-electron chi connectivity index (χ1n) is 5.71. The van der Waals surface area contributed by atoms with Crippen molar-refractivity contribution < 1.29 is 4.74 Å². The zero-order valence-electron chi connectivity index (χ0n) is 9.97. The molecule has 0 saturated carbocycles. The van der Waals surface area contributed by atoms with E-state index in [1.165, 1.54) is 11.1 Å². The zero-order chi connectivity index (χ0) is 11.1. The average molecular weight is 207 g/mol. The molecule has 1 N–H and O–H groups in total. The molecule has 2 heteroatoms. The Bertz CT molecular complexity index is 297. The van der Waals surface area contributed by atoms with Crippen LogP contribution in [0.5, 0.6) is 5.75 Å². The summed E-state index contributed by atoms with van der Waals surface area (Å²) in [6.45, 7) is 6.03. The smallest absolute Gasteiger partial charge is 0.119 e. The largest absolute Gasteiger partial charge is 0.494 e. The molecule has 84 valence electrons. The van der Waals surface area contributed by atoms with E-state index in [0.29, 0.717) is 0 Å². The molecule has 0 fully saturated rings. The molecule has 15 heavy (non-hydrogen) atoms. The quantitative estimate of drug-likeness (QED) is 0.774. The first-order valence-corrected chi connectivity index (χ1v) is 5.71. The van der Waals surface area contributed by atoms with Crippen LogP contribution in [0.25, 0.3) is 0 Å². The topological polar surface area (TPSA) is 21.3 Å². The van der Waals surface area contributed by atoms with Gasteiger partial charge in [-0.3, -0.25) is 0 Å². The lowest BCUT2D eigenvalue weighted by Crippen LogP contribution is -2.07. The van der Waals surface area contributed by atoms with Gasteiger partial charge in [-0.2, -0.15) is 0 Å². The first-order chi connectivity index (χ1) is 7.31. The summed E-state index contributed by atoms with van der Waals surface area (Å²) < 4.78 is 5.61. The van der Waals surface area contributed by atoms with E-state index in [1.54, 1.807) is 0 Å². The van der Waals surface area contributed by atoms with Crippen LogP contribution < -0.4 is 10.1 Å². The minimum absolute atomic E-state index is 0.800. The number of aryl methyl sites for hydroxylation is 1. The molecule has 0 aliphatic heterocycles. The molecule has 0 bridgehead atoms. The highest BCUT2D eigenvalue weighted by Gasteiger charge is 2.02. The normalized spacial score (nSPS) is 10.3. The van der Waals surface area contributed by atoms with E-state index in [9.17, 15) is 0 Å². The van der Waals surface area contributed by atoms with E-state index >= 15 is 0 Å². The van der Waals surface area contributed by atoms with Gasteiger partial charge in [0, 0.05) is 6.54 Å². The molecule has 0 radical (unpaired) electrons. The minimum Gasteiger partial charge on any atom is -0.494 e. The fraction of sp³-hybridized carbons (Fsp3) is 0.538. The van der Waals surface area contributed by atoms with Gasteiger partial charge >= 0.3 is 0 Å². The summed E-state index contributed by atoms with van der Waals surface area (Å²) >= 11 is 0. The van der Waals surface area contributed by atoms with Gasteiger partial charge in [0.2, 0.25) is 0 Å². The van der Waals surface area contributed by atoms with E-state index < -0.39 is 0 Å². The zero-order valence-corrected chi connectivity index (χ0v) is 9.97. The second-order valence-electron chi connectivity index (χ2n) is 3.66. The molecule has 1 rings (SSSR count). The van der Waals surface area contributed by atoms with Crippen LogP contribution in [0.3, 0.4) is 0 Å². The second kappa shape index (κ2) is 6.46. The Kier molecular flexibility index (Phi) is 5.19. The lowest BCUT2D eigenvalue weighted by molar-refractivity contribution is 0.317. The SMILES string of the molecule is CCCOc1ccc(CNC)c(CC)c1. The van der Waals surface area contributed by atoms with Crippen molar-refractivity contribution in [2.75, 3.05) is 13.7 Å². The Labute approximate surface area is 92.6 Å². The van der Waals surface area contributed by atoms with Gasteiger partial charge in [-0.1, -0.05) is 19.9 Å². The lowest BCUT2D eigenvalue weighted by Gasteiger charge is -2.10. The summed E-state index contributed by atoms with van der Waals surface area (Å²) in [5.74, 6) is 0.994. The van der Waals surface area contributed by atoms with E-state index in [4.69, 9.17) is 4.74 Å². The highest BCUT2D eigenvalue weighted by Crippen LogP contribution is 2.18. The molecule has 1 aromatic rings. The van der Waals surface area contributed by atoms with Crippen LogP contribution in [0.1, 0.15) is 31.4 Å². The van der Waals surface area contributed by atoms with Gasteiger partial charge in [0.15, 0.2) is 0 Å². The molecule has 0 aromatic heterocycles. The van der Waals surface area contributed by atoms with Crippen molar-refractivity contribution in [3.8, 4) is 5.75 Å². The minimum atomic E-state index is 0.800. The molecular weight excluding hydrogens is 186 g/mol. The van der Waals surface area contributed by atoms with Crippen molar-refractivity contribution in [2.45, 2.75) is 33.2 Å². The molecule has 2 nitrogen and oxygen atoms in total. The van der Waals surface area contributed by atoms with Crippen LogP contribution in [-0.2, 0) is 13.0 Å². The average Bonchev–Trinajstić information content (AvgIpc) is 2.28. The highest BCUT2D eigenvalue weighted by molar-refractivity contribution is 5.35. The Morgan fingerprint density at radius 3 is 2.60 bits per heavy atom. The molecule has 0 atom stereocenters. The van der Waals surface area contributed by atoms with Gasteiger partial charge in [0.1, 0.15) is 5.75 Å². The third-order valence-corrected chi connectivity index (χ3v) is 2.40. The summed E-state index contributed by atoms with van der Waals surface area (Å²) in [6.07, 6.45) is 2.11. The Balaban J connectivity index is 2.77. The van der Waals surface area contributed by atoms with Crippen molar-refractivity contribution in [3.05, 3.63) is 29.3 Å². The van der Waals surface area contributed by atoms with Crippen LogP contribution in [0.2, 0.25) is 0 Å². The Morgan fingerprint density at radius 1 is 1.20 bits per heavy atom. The molecule has 0 aliphatic carbocycles. The Morgan fingerprint density at radius 2 is 2.00 bits per heavy atom. The van der Waals surface area contributed by atoms with Gasteiger partial charge in [0.25, 0.3) is 0 Å². The molecule has 1 aromatic carbocycles. The van der Waals surface area contributed by atoms with Crippen LogP contribution in [-0.4, -0.2) is 13.7 Å². The van der Waals surface area contributed by atoms with Crippen molar-refractivity contribution in [1.82, 2.24) is 5.32 Å². The van der Waals surface area contributed by atoms with Crippen molar-refractivity contribution in [3.63, 3.8) is 0 Å². The predicted molar refractivity (Wildman–Crippen MR) is 64.4 cm³/mol. The summed E-state index contributed by atoms with van der Waals surface area (Å²) in [5.41, 5.74) is 2.74. The molecule has 0 aliphatic rings. The lowest BCUT2D eigenvalue weighted by atomic mass is 10.0. The van der Waals surface area contributed by atoms with Crippen LogP contribution >= 0.6 is 0 Å². The molecular formula is C13H21NO. The van der Waals surface area contributed by atoms with Crippen molar-refractivity contribution in [1.29, 1.82) is 0 Å². The Hall–Kier alpha value is -1.02. The maximum absolute atomic E-state index is 5.61. The van der Waals surface area contributed by atoms with E-state index in [-0.39, 0.29) is 0 Å². The first kappa shape index (κ1) is 12.1. The fourth-order valence-electron chi connectivity index (χ4n) is 1.60. The standard InChI is InChI=1S/C13H21NO/c1-4-8-15-13-7-6-12(10-14-3)11(5-2)9-13/h6-7,9,14H,4-5,8,10H2,1-3H3. The third-order valence-electron chi connectivity index (χ3n) is 2.40. The van der Waals surface area contributed by atoms with E-state index in [0.717, 1.165) is 31.7 Å². The summed E-state index contributed by atoms with van der Waals surface area (Å²) in [4.78, 5) is 0. The van der Waals surface area contributed by atoms with Crippen LogP contribution in [0.15, 0.2) is 18.2 Å². The molecule has 0 spiro atoms. The maximum Gasteiger partial charge on any atom is 0.119 e. The number of benzene rings is 1. The van der Waals surface area contributed by atoms with Gasteiger partial charge < -0.3 is 10.1 Å². The summed E-state index contributed by atoms with van der Waals surface area (Å²) in [6, 6.07) is 6.37. The molecule has 0 saturated heterocycles. The number of hydrogen-bond acceptors (Lipinski definition) is 2. The van der Waals surface area contributed by atoms with Gasteiger partial charge in [-0.15, -0.1) is 0 Å². The van der Waals surface area contributed by atoms with E-state index in [2.05, 4.69) is 37.4 Å². The number of nitrogens with one attached hydrogen (secondary N) is 1. The second-order valence-corrected chi connectivity index (χ2v) is 3.66. The van der Waals surface area contributed by atoms with Crippen LogP contribution in [0.4, 0.5) is 0 Å². The maximum atomic E-state index is 5.61. The van der Waals surface area contributed by atoms with Gasteiger partial charge in [-0.25, -0.2) is 0 Å². The van der Waals surface area contributed by atoms with Gasteiger partial charge in [0.05, 0.1) is 6.61 Å². The van der Waals surface area contributed by atoms with Crippen LogP contribution in [0, 0.1) is 0 Å². The van der Waals surface area contributed by atoms with E-state index in [1.807, 2.05) is 7.05 Å². The third kappa shape index (κ3) is 3.56. The predicted octanol–water partition coefficient (Wildman–Crippen LogP) is 2.76. The number of ether oxygens (including phenoxy) is 1. The summed E-state index contributed by atoms with van der Waals surface area (Å²) in [7, 11) is 1.97. The highest BCUT2D eigenvalue weighted by atomic mass is 16.5. The monoisotopic (exact) mass is 207 g/mol. The molecule has 0 heterocycles. The van der Waals surface area contributed by atoms with Crippen molar-refractivity contribution in [2.24, 2.45) is 0 Å².